The van der Waals surface area contributed by atoms with Gasteiger partial charge in [-0.25, -0.2) is 13.6 Å². The quantitative estimate of drug-likeness (QED) is 0.0713. The number of anilines is 2. The summed E-state index contributed by atoms with van der Waals surface area (Å²) in [5.41, 5.74) is 1.51. The monoisotopic (exact) mass is 801 g/mol. The summed E-state index contributed by atoms with van der Waals surface area (Å²) in [7, 11) is 0. The topological polar surface area (TPSA) is 129 Å². The Balaban J connectivity index is 1.10. The highest BCUT2D eigenvalue weighted by Gasteiger charge is 2.51. The third kappa shape index (κ3) is 8.05. The maximum atomic E-state index is 15.5. The number of hydrogen-bond donors (Lipinski definition) is 2. The molecule has 0 aliphatic carbocycles. The number of unbranched alkanes of at least 4 members (excludes halogenated alkanes) is 6. The van der Waals surface area contributed by atoms with Crippen molar-refractivity contribution in [1.29, 1.82) is 0 Å². The molecule has 2 aromatic carbocycles. The predicted molar refractivity (Wildman–Crippen MR) is 218 cm³/mol. The van der Waals surface area contributed by atoms with Gasteiger partial charge in [0.15, 0.2) is 0 Å². The van der Waals surface area contributed by atoms with Crippen LogP contribution in [0.2, 0.25) is 0 Å². The predicted octanol–water partition coefficient (Wildman–Crippen LogP) is 7.07. The molecule has 3 aromatic rings. The number of carbonyl (C=O) groups is 3. The third-order valence-corrected chi connectivity index (χ3v) is 13.1. The van der Waals surface area contributed by atoms with E-state index < -0.39 is 23.3 Å². The summed E-state index contributed by atoms with van der Waals surface area (Å²) in [4.78, 5) is 54.9. The SMILES string of the molecule is CCCCCCCCCC(=O)Oc1cc(N2CCc3c(nc(OC[C@@]45CCCN4C[C@H](F)C5)nc3N3CCC[C@]4(C3)NC(=O)NC4=O)C2)c2c(CC)c(F)ccc2c1. The van der Waals surface area contributed by atoms with Gasteiger partial charge < -0.3 is 24.6 Å². The number of alkyl halides is 1. The Bertz CT molecular complexity index is 2050. The number of amides is 3. The first-order valence-electron chi connectivity index (χ1n) is 21.6. The van der Waals surface area contributed by atoms with Crippen molar-refractivity contribution in [3.63, 3.8) is 0 Å². The Hall–Kier alpha value is -4.59. The number of hydrogen-bond acceptors (Lipinski definition) is 10. The van der Waals surface area contributed by atoms with Crippen LogP contribution in [0, 0.1) is 5.82 Å². The van der Waals surface area contributed by atoms with Gasteiger partial charge in [0, 0.05) is 55.2 Å². The number of halogens is 2. The van der Waals surface area contributed by atoms with E-state index in [0.717, 1.165) is 66.4 Å². The highest BCUT2D eigenvalue weighted by atomic mass is 19.1. The van der Waals surface area contributed by atoms with E-state index in [1.807, 2.05) is 19.1 Å². The number of ether oxygens (including phenoxy) is 2. The zero-order chi connectivity index (χ0) is 40.4. The zero-order valence-corrected chi connectivity index (χ0v) is 34.0. The van der Waals surface area contributed by atoms with Crippen molar-refractivity contribution in [3.05, 3.63) is 46.9 Å². The van der Waals surface area contributed by atoms with Gasteiger partial charge in [0.05, 0.1) is 24.3 Å². The largest absolute Gasteiger partial charge is 0.461 e. The minimum absolute atomic E-state index is 0.178. The number of esters is 1. The number of nitrogens with one attached hydrogen (secondary N) is 2. The number of carbonyl (C=O) groups excluding carboxylic acids is 3. The summed E-state index contributed by atoms with van der Waals surface area (Å²) in [6.07, 6.45) is 11.5. The fourth-order valence-electron chi connectivity index (χ4n) is 10.1. The molecule has 58 heavy (non-hydrogen) atoms. The highest BCUT2D eigenvalue weighted by molar-refractivity contribution is 6.07. The lowest BCUT2D eigenvalue weighted by atomic mass is 9.88. The molecule has 4 fully saturated rings. The van der Waals surface area contributed by atoms with E-state index in [-0.39, 0.29) is 36.9 Å². The molecule has 6 heterocycles. The first-order chi connectivity index (χ1) is 28.1. The van der Waals surface area contributed by atoms with E-state index in [9.17, 15) is 18.8 Å². The van der Waals surface area contributed by atoms with Crippen LogP contribution in [0.5, 0.6) is 11.8 Å². The first-order valence-corrected chi connectivity index (χ1v) is 21.6. The molecule has 312 valence electrons. The Morgan fingerprint density at radius 3 is 2.59 bits per heavy atom. The molecule has 1 aromatic heterocycles. The van der Waals surface area contributed by atoms with E-state index in [0.29, 0.717) is 81.8 Å². The lowest BCUT2D eigenvalue weighted by Crippen LogP contribution is -2.59. The standard InChI is InChI=1S/C44H57F2N7O5/c1-3-5-6-7-8-9-10-13-37(54)58-31-22-29-14-15-34(46)32(4-2)38(29)36(23-31)51-21-16-33-35(26-51)47-42(57-28-43-17-11-20-53(43)25-30(45)24-43)48-39(33)52-19-12-18-44(27-52)40(55)49-41(56)50-44/h14-15,22-23,30H,3-13,16-21,24-28H2,1-2H3,(H2,49,50,55,56)/t30-,43+,44-/m1/s1. The van der Waals surface area contributed by atoms with E-state index >= 15 is 4.39 Å². The van der Waals surface area contributed by atoms with Gasteiger partial charge in [-0.15, -0.1) is 0 Å². The molecule has 3 atom stereocenters. The Morgan fingerprint density at radius 1 is 0.983 bits per heavy atom. The molecule has 0 unspecified atom stereocenters. The summed E-state index contributed by atoms with van der Waals surface area (Å²) in [6.45, 7) is 7.37. The van der Waals surface area contributed by atoms with Crippen LogP contribution in [0.25, 0.3) is 10.8 Å². The van der Waals surface area contributed by atoms with E-state index in [4.69, 9.17) is 19.4 Å². The number of fused-ring (bicyclic) bond motifs is 3. The van der Waals surface area contributed by atoms with Crippen molar-refractivity contribution < 1.29 is 32.6 Å². The molecule has 1 spiro atoms. The van der Waals surface area contributed by atoms with Crippen LogP contribution < -0.4 is 29.9 Å². The fraction of sp³-hybridized carbons (Fsp3) is 0.614. The summed E-state index contributed by atoms with van der Waals surface area (Å²) in [5, 5.41) is 6.84. The molecule has 8 rings (SSSR count). The molecule has 5 aliphatic rings. The number of nitrogens with zero attached hydrogens (tertiary/aromatic N) is 5. The van der Waals surface area contributed by atoms with Crippen LogP contribution in [0.15, 0.2) is 24.3 Å². The average molecular weight is 802 g/mol. The number of aromatic nitrogens is 2. The van der Waals surface area contributed by atoms with Gasteiger partial charge in [0.1, 0.15) is 35.7 Å². The zero-order valence-electron chi connectivity index (χ0n) is 34.0. The lowest BCUT2D eigenvalue weighted by Gasteiger charge is -2.40. The van der Waals surface area contributed by atoms with E-state index in [2.05, 4.69) is 32.3 Å². The van der Waals surface area contributed by atoms with Gasteiger partial charge in [-0.3, -0.25) is 19.8 Å². The van der Waals surface area contributed by atoms with Crippen molar-refractivity contribution >= 4 is 40.2 Å². The minimum atomic E-state index is -1.07. The highest BCUT2D eigenvalue weighted by Crippen LogP contribution is 2.42. The molecule has 0 bridgehead atoms. The lowest BCUT2D eigenvalue weighted by molar-refractivity contribution is -0.134. The van der Waals surface area contributed by atoms with Crippen LogP contribution in [0.1, 0.15) is 114 Å². The van der Waals surface area contributed by atoms with Crippen molar-refractivity contribution in [2.24, 2.45) is 0 Å². The molecule has 0 saturated carbocycles. The van der Waals surface area contributed by atoms with Crippen molar-refractivity contribution in [2.45, 2.75) is 134 Å². The van der Waals surface area contributed by atoms with E-state index in [1.54, 1.807) is 6.07 Å². The van der Waals surface area contributed by atoms with Crippen LogP contribution in [-0.4, -0.2) is 89.4 Å². The maximum absolute atomic E-state index is 15.5. The third-order valence-electron chi connectivity index (χ3n) is 13.1. The van der Waals surface area contributed by atoms with E-state index in [1.165, 1.54) is 31.7 Å². The summed E-state index contributed by atoms with van der Waals surface area (Å²) in [6, 6.07) is 6.57. The normalized spacial score (nSPS) is 24.3. The summed E-state index contributed by atoms with van der Waals surface area (Å²) < 4.78 is 42.6. The number of rotatable bonds is 15. The molecule has 3 amide bonds. The molecule has 2 N–H and O–H groups in total. The molecule has 5 aliphatic heterocycles. The summed E-state index contributed by atoms with van der Waals surface area (Å²) in [5.74, 6) is 0.154. The number of benzene rings is 2. The Labute approximate surface area is 339 Å². The van der Waals surface area contributed by atoms with Gasteiger partial charge >= 0.3 is 18.0 Å². The van der Waals surface area contributed by atoms with Crippen molar-refractivity contribution in [2.75, 3.05) is 49.1 Å². The van der Waals surface area contributed by atoms with Gasteiger partial charge in [0.2, 0.25) is 0 Å². The average Bonchev–Trinajstić information content (AvgIpc) is 3.83. The number of imide groups is 1. The smallest absolute Gasteiger partial charge is 0.322 e. The minimum Gasteiger partial charge on any atom is -0.461 e. The second-order valence-corrected chi connectivity index (χ2v) is 17.1. The van der Waals surface area contributed by atoms with Crippen LogP contribution >= 0.6 is 0 Å². The number of aryl methyl sites for hydroxylation is 1. The maximum Gasteiger partial charge on any atom is 0.322 e. The van der Waals surface area contributed by atoms with Crippen LogP contribution in [0.4, 0.5) is 25.1 Å². The second kappa shape index (κ2) is 16.9. The first kappa shape index (κ1) is 40.2. The Kier molecular flexibility index (Phi) is 11.7. The Morgan fingerprint density at radius 2 is 1.79 bits per heavy atom. The fourth-order valence-corrected chi connectivity index (χ4v) is 10.1. The van der Waals surface area contributed by atoms with Crippen LogP contribution in [-0.2, 0) is 29.0 Å². The summed E-state index contributed by atoms with van der Waals surface area (Å²) >= 11 is 0. The van der Waals surface area contributed by atoms with Gasteiger partial charge in [-0.2, -0.15) is 9.97 Å². The van der Waals surface area contributed by atoms with Crippen molar-refractivity contribution in [1.82, 2.24) is 25.5 Å². The van der Waals surface area contributed by atoms with Gasteiger partial charge in [0.25, 0.3) is 5.91 Å². The van der Waals surface area contributed by atoms with Gasteiger partial charge in [-0.1, -0.05) is 58.4 Å². The molecular weight excluding hydrogens is 745 g/mol. The number of urea groups is 1. The van der Waals surface area contributed by atoms with Crippen molar-refractivity contribution in [3.8, 4) is 11.8 Å². The molecule has 0 radical (unpaired) electrons. The number of piperidine rings is 1. The van der Waals surface area contributed by atoms with Crippen LogP contribution in [0.3, 0.4) is 0 Å². The molecule has 12 nitrogen and oxygen atoms in total. The molecule has 4 saturated heterocycles. The molecule has 14 heteroatoms. The molecular formula is C44H57F2N7O5. The van der Waals surface area contributed by atoms with Gasteiger partial charge in [-0.05, 0) is 74.6 Å². The second-order valence-electron chi connectivity index (χ2n) is 17.1.